The minimum absolute atomic E-state index is 0.0480. The number of carbonyl (C=O) groups excluding carboxylic acids is 2. The molecular weight excluding hydrogens is 372 g/mol. The lowest BCUT2D eigenvalue weighted by atomic mass is 9.99. The molecule has 0 atom stereocenters. The number of nitrogens with zero attached hydrogens (tertiary/aromatic N) is 1. The molecule has 152 valence electrons. The van der Waals surface area contributed by atoms with Gasteiger partial charge in [-0.15, -0.1) is 0 Å². The summed E-state index contributed by atoms with van der Waals surface area (Å²) in [6.45, 7) is 1.84. The molecule has 1 aliphatic heterocycles. The normalized spacial score (nSPS) is 12.9. The molecule has 1 heterocycles. The van der Waals surface area contributed by atoms with Crippen LogP contribution in [0.25, 0.3) is 11.1 Å². The number of amides is 2. The summed E-state index contributed by atoms with van der Waals surface area (Å²) < 4.78 is 0. The van der Waals surface area contributed by atoms with E-state index in [9.17, 15) is 9.59 Å². The predicted octanol–water partition coefficient (Wildman–Crippen LogP) is 4.33. The van der Waals surface area contributed by atoms with E-state index in [-0.39, 0.29) is 24.7 Å². The van der Waals surface area contributed by atoms with Crippen LogP contribution in [0.15, 0.2) is 78.9 Å². The van der Waals surface area contributed by atoms with Gasteiger partial charge in [-0.2, -0.15) is 0 Å². The van der Waals surface area contributed by atoms with Crippen LogP contribution in [0, 0.1) is 0 Å². The van der Waals surface area contributed by atoms with Gasteiger partial charge >= 0.3 is 0 Å². The van der Waals surface area contributed by atoms with Crippen LogP contribution in [0.4, 0.5) is 0 Å². The molecule has 1 aliphatic rings. The van der Waals surface area contributed by atoms with Crippen LogP contribution < -0.4 is 5.32 Å². The summed E-state index contributed by atoms with van der Waals surface area (Å²) in [4.78, 5) is 26.6. The van der Waals surface area contributed by atoms with E-state index < -0.39 is 0 Å². The largest absolute Gasteiger partial charge is 0.352 e. The van der Waals surface area contributed by atoms with E-state index in [4.69, 9.17) is 0 Å². The van der Waals surface area contributed by atoms with Gasteiger partial charge in [-0.3, -0.25) is 9.59 Å². The Balaban J connectivity index is 1.22. The Morgan fingerprint density at radius 1 is 0.767 bits per heavy atom. The van der Waals surface area contributed by atoms with Gasteiger partial charge in [0, 0.05) is 32.5 Å². The standard InChI is InChI=1S/C26H26N2O2/c29-25(14-15-26(30)28-17-16-22-8-4-5-9-24(22)19-28)27-18-20-10-12-23(13-11-20)21-6-2-1-3-7-21/h1-13H,14-19H2,(H,27,29). The molecular formula is C26H26N2O2. The molecule has 0 aliphatic carbocycles. The predicted molar refractivity (Wildman–Crippen MR) is 119 cm³/mol. The van der Waals surface area contributed by atoms with Crippen molar-refractivity contribution >= 4 is 11.8 Å². The van der Waals surface area contributed by atoms with E-state index in [1.165, 1.54) is 16.7 Å². The lowest BCUT2D eigenvalue weighted by Crippen LogP contribution is -2.36. The van der Waals surface area contributed by atoms with E-state index in [0.29, 0.717) is 13.1 Å². The molecule has 4 heteroatoms. The van der Waals surface area contributed by atoms with Crippen molar-refractivity contribution in [1.29, 1.82) is 0 Å². The summed E-state index contributed by atoms with van der Waals surface area (Å²) in [5, 5.41) is 2.92. The average Bonchev–Trinajstić information content (AvgIpc) is 2.81. The number of benzene rings is 3. The van der Waals surface area contributed by atoms with Crippen molar-refractivity contribution in [3.05, 3.63) is 95.6 Å². The molecule has 0 unspecified atom stereocenters. The van der Waals surface area contributed by atoms with E-state index >= 15 is 0 Å². The Morgan fingerprint density at radius 2 is 1.43 bits per heavy atom. The van der Waals surface area contributed by atoms with Gasteiger partial charge in [0.05, 0.1) is 0 Å². The number of fused-ring (bicyclic) bond motifs is 1. The molecule has 3 aromatic carbocycles. The highest BCUT2D eigenvalue weighted by molar-refractivity contribution is 5.84. The van der Waals surface area contributed by atoms with Crippen molar-refractivity contribution in [2.45, 2.75) is 32.4 Å². The Labute approximate surface area is 177 Å². The van der Waals surface area contributed by atoms with E-state index in [2.05, 4.69) is 41.7 Å². The molecule has 0 spiro atoms. The molecule has 0 saturated carbocycles. The maximum Gasteiger partial charge on any atom is 0.223 e. The van der Waals surface area contributed by atoms with E-state index in [1.54, 1.807) is 0 Å². The highest BCUT2D eigenvalue weighted by Gasteiger charge is 2.20. The quantitative estimate of drug-likeness (QED) is 0.672. The van der Waals surface area contributed by atoms with Crippen LogP contribution in [0.2, 0.25) is 0 Å². The second-order valence-corrected chi connectivity index (χ2v) is 7.67. The van der Waals surface area contributed by atoms with Crippen LogP contribution in [0.5, 0.6) is 0 Å². The zero-order chi connectivity index (χ0) is 20.8. The van der Waals surface area contributed by atoms with Crippen molar-refractivity contribution in [3.63, 3.8) is 0 Å². The second kappa shape index (κ2) is 9.40. The Kier molecular flexibility index (Phi) is 6.23. The third-order valence-corrected chi connectivity index (χ3v) is 5.60. The van der Waals surface area contributed by atoms with Gasteiger partial charge < -0.3 is 10.2 Å². The van der Waals surface area contributed by atoms with Gasteiger partial charge in [-0.25, -0.2) is 0 Å². The van der Waals surface area contributed by atoms with Crippen molar-refractivity contribution in [1.82, 2.24) is 10.2 Å². The molecule has 4 nitrogen and oxygen atoms in total. The fourth-order valence-corrected chi connectivity index (χ4v) is 3.82. The molecule has 0 aromatic heterocycles. The zero-order valence-corrected chi connectivity index (χ0v) is 17.0. The van der Waals surface area contributed by atoms with Gasteiger partial charge in [-0.1, -0.05) is 78.9 Å². The highest BCUT2D eigenvalue weighted by Crippen LogP contribution is 2.20. The minimum atomic E-state index is -0.0899. The molecule has 1 N–H and O–H groups in total. The first-order valence-electron chi connectivity index (χ1n) is 10.4. The lowest BCUT2D eigenvalue weighted by molar-refractivity contribution is -0.134. The number of hydrogen-bond acceptors (Lipinski definition) is 2. The molecule has 0 saturated heterocycles. The van der Waals surface area contributed by atoms with Gasteiger partial charge in [0.25, 0.3) is 0 Å². The summed E-state index contributed by atoms with van der Waals surface area (Å²) in [5.41, 5.74) is 5.89. The van der Waals surface area contributed by atoms with Crippen LogP contribution >= 0.6 is 0 Å². The van der Waals surface area contributed by atoms with Gasteiger partial charge in [0.1, 0.15) is 0 Å². The highest BCUT2D eigenvalue weighted by atomic mass is 16.2. The number of rotatable bonds is 6. The van der Waals surface area contributed by atoms with Gasteiger partial charge in [-0.05, 0) is 34.2 Å². The molecule has 0 bridgehead atoms. The zero-order valence-electron chi connectivity index (χ0n) is 17.0. The maximum absolute atomic E-state index is 12.5. The monoisotopic (exact) mass is 398 g/mol. The van der Waals surface area contributed by atoms with E-state index in [1.807, 2.05) is 47.4 Å². The topological polar surface area (TPSA) is 49.4 Å². The summed E-state index contributed by atoms with van der Waals surface area (Å²) in [6.07, 6.45) is 1.35. The maximum atomic E-state index is 12.5. The first kappa shape index (κ1) is 19.9. The van der Waals surface area contributed by atoms with Crippen LogP contribution in [0.1, 0.15) is 29.5 Å². The summed E-state index contributed by atoms with van der Waals surface area (Å²) in [6, 6.07) is 26.6. The minimum Gasteiger partial charge on any atom is -0.352 e. The molecule has 0 radical (unpaired) electrons. The third-order valence-electron chi connectivity index (χ3n) is 5.60. The summed E-state index contributed by atoms with van der Waals surface area (Å²) in [5.74, 6) is -0.0419. The molecule has 0 fully saturated rings. The first-order valence-corrected chi connectivity index (χ1v) is 10.4. The SMILES string of the molecule is O=C(CCC(=O)N1CCc2ccccc2C1)NCc1ccc(-c2ccccc2)cc1. The Bertz CT molecular complexity index is 1010. The van der Waals surface area contributed by atoms with Crippen molar-refractivity contribution < 1.29 is 9.59 Å². The average molecular weight is 399 g/mol. The van der Waals surface area contributed by atoms with Crippen molar-refractivity contribution in [2.75, 3.05) is 6.54 Å². The number of hydrogen-bond donors (Lipinski definition) is 1. The second-order valence-electron chi connectivity index (χ2n) is 7.67. The summed E-state index contributed by atoms with van der Waals surface area (Å²) in [7, 11) is 0. The van der Waals surface area contributed by atoms with Gasteiger partial charge in [0.15, 0.2) is 0 Å². The third kappa shape index (κ3) is 4.95. The van der Waals surface area contributed by atoms with Crippen LogP contribution in [-0.4, -0.2) is 23.3 Å². The van der Waals surface area contributed by atoms with Gasteiger partial charge in [0.2, 0.25) is 11.8 Å². The van der Waals surface area contributed by atoms with Crippen LogP contribution in [0.3, 0.4) is 0 Å². The lowest BCUT2D eigenvalue weighted by Gasteiger charge is -2.28. The van der Waals surface area contributed by atoms with Crippen molar-refractivity contribution in [2.24, 2.45) is 0 Å². The van der Waals surface area contributed by atoms with Crippen LogP contribution in [-0.2, 0) is 29.1 Å². The fourth-order valence-electron chi connectivity index (χ4n) is 3.82. The summed E-state index contributed by atoms with van der Waals surface area (Å²) >= 11 is 0. The fraction of sp³-hybridized carbons (Fsp3) is 0.231. The van der Waals surface area contributed by atoms with E-state index in [0.717, 1.165) is 24.1 Å². The molecule has 3 aromatic rings. The molecule has 4 rings (SSSR count). The molecule has 30 heavy (non-hydrogen) atoms. The Hall–Kier alpha value is -3.40. The molecule has 2 amide bonds. The van der Waals surface area contributed by atoms with Crippen molar-refractivity contribution in [3.8, 4) is 11.1 Å². The number of nitrogens with one attached hydrogen (secondary N) is 1. The number of carbonyl (C=O) groups is 2. The smallest absolute Gasteiger partial charge is 0.223 e. The Morgan fingerprint density at radius 3 is 2.20 bits per heavy atom. The first-order chi connectivity index (χ1) is 14.7.